The highest BCUT2D eigenvalue weighted by atomic mass is 79.9. The summed E-state index contributed by atoms with van der Waals surface area (Å²) in [7, 11) is -3.74. The number of nitrogens with two attached hydrogens (primary N) is 1. The van der Waals surface area contributed by atoms with E-state index in [1.54, 1.807) is 12.1 Å². The third-order valence-corrected chi connectivity index (χ3v) is 6.34. The molecule has 0 saturated carbocycles. The van der Waals surface area contributed by atoms with Gasteiger partial charge in [-0.25, -0.2) is 8.42 Å². The summed E-state index contributed by atoms with van der Waals surface area (Å²) in [6, 6.07) is 7.95. The standard InChI is InChI=1S/C11H7Br2N3O2S2/c12-8-3-6(15)4-9(13)11(8)16-20(17,18)10-2-1-7(5-14)19-10/h1-4,16H,15H2. The highest BCUT2D eigenvalue weighted by Gasteiger charge is 2.20. The van der Waals surface area contributed by atoms with Crippen LogP contribution in [0, 0.1) is 11.3 Å². The number of nitrogens with zero attached hydrogens (tertiary/aromatic N) is 1. The first kappa shape index (κ1) is 15.3. The summed E-state index contributed by atoms with van der Waals surface area (Å²) in [6.07, 6.45) is 0. The van der Waals surface area contributed by atoms with Gasteiger partial charge >= 0.3 is 0 Å². The maximum atomic E-state index is 12.2. The second-order valence-corrected chi connectivity index (χ2v) is 8.40. The normalized spacial score (nSPS) is 11.1. The lowest BCUT2D eigenvalue weighted by Gasteiger charge is -2.11. The Morgan fingerprint density at radius 2 is 1.85 bits per heavy atom. The molecule has 0 amide bonds. The van der Waals surface area contributed by atoms with Crippen LogP contribution in [0.3, 0.4) is 0 Å². The Kier molecular flexibility index (Phi) is 4.39. The Morgan fingerprint density at radius 1 is 1.25 bits per heavy atom. The van der Waals surface area contributed by atoms with Crippen molar-refractivity contribution in [2.45, 2.75) is 4.21 Å². The molecule has 0 aliphatic carbocycles. The second-order valence-electron chi connectivity index (χ2n) is 3.70. The quantitative estimate of drug-likeness (QED) is 0.719. The summed E-state index contributed by atoms with van der Waals surface area (Å²) in [5.74, 6) is 0. The van der Waals surface area contributed by atoms with Crippen LogP contribution in [0.15, 0.2) is 37.4 Å². The first-order valence-corrected chi connectivity index (χ1v) is 8.99. The van der Waals surface area contributed by atoms with Crippen LogP contribution in [0.5, 0.6) is 0 Å². The SMILES string of the molecule is N#Cc1ccc(S(=O)(=O)Nc2c(Br)cc(N)cc2Br)s1. The van der Waals surface area contributed by atoms with Gasteiger partial charge in [0.15, 0.2) is 0 Å². The van der Waals surface area contributed by atoms with Crippen LogP contribution in [0.4, 0.5) is 11.4 Å². The number of halogens is 2. The first-order valence-electron chi connectivity index (χ1n) is 5.11. The van der Waals surface area contributed by atoms with Gasteiger partial charge in [-0.1, -0.05) is 0 Å². The third kappa shape index (κ3) is 3.15. The number of hydrogen-bond acceptors (Lipinski definition) is 5. The number of nitrogen functional groups attached to an aromatic ring is 1. The van der Waals surface area contributed by atoms with Crippen LogP contribution in [-0.2, 0) is 10.0 Å². The maximum absolute atomic E-state index is 12.2. The molecular formula is C11H7Br2N3O2S2. The third-order valence-electron chi connectivity index (χ3n) is 2.26. The summed E-state index contributed by atoms with van der Waals surface area (Å²) in [4.78, 5) is 0.334. The van der Waals surface area contributed by atoms with Crippen molar-refractivity contribution in [3.8, 4) is 6.07 Å². The molecule has 1 aromatic carbocycles. The molecule has 0 saturated heterocycles. The van der Waals surface area contributed by atoms with E-state index in [4.69, 9.17) is 11.0 Å². The fraction of sp³-hybridized carbons (Fsp3) is 0. The average Bonchev–Trinajstić information content (AvgIpc) is 2.83. The van der Waals surface area contributed by atoms with Crippen molar-refractivity contribution in [2.24, 2.45) is 0 Å². The summed E-state index contributed by atoms with van der Waals surface area (Å²) >= 11 is 7.42. The van der Waals surface area contributed by atoms with Crippen molar-refractivity contribution >= 4 is 64.6 Å². The molecule has 0 fully saturated rings. The molecule has 1 heterocycles. The Hall–Kier alpha value is -1.08. The van der Waals surface area contributed by atoms with Gasteiger partial charge in [-0.3, -0.25) is 4.72 Å². The summed E-state index contributed by atoms with van der Waals surface area (Å²) in [6.45, 7) is 0. The number of nitrogens with one attached hydrogen (secondary N) is 1. The van der Waals surface area contributed by atoms with Gasteiger partial charge in [-0.15, -0.1) is 11.3 Å². The van der Waals surface area contributed by atoms with Crippen LogP contribution in [0.25, 0.3) is 0 Å². The predicted octanol–water partition coefficient (Wildman–Crippen LogP) is 3.53. The molecule has 1 aromatic heterocycles. The Bertz CT molecular complexity index is 786. The lowest BCUT2D eigenvalue weighted by atomic mass is 10.3. The molecule has 2 rings (SSSR count). The van der Waals surface area contributed by atoms with Crippen LogP contribution in [0.2, 0.25) is 0 Å². The predicted molar refractivity (Wildman–Crippen MR) is 86.1 cm³/mol. The van der Waals surface area contributed by atoms with Gasteiger partial charge in [0.25, 0.3) is 10.0 Å². The van der Waals surface area contributed by atoms with Crippen molar-refractivity contribution in [3.63, 3.8) is 0 Å². The molecule has 0 aliphatic rings. The topological polar surface area (TPSA) is 96.0 Å². The molecule has 3 N–H and O–H groups in total. The van der Waals surface area contributed by atoms with E-state index in [-0.39, 0.29) is 4.21 Å². The minimum Gasteiger partial charge on any atom is -0.399 e. The summed E-state index contributed by atoms with van der Waals surface area (Å²) in [5.41, 5.74) is 6.50. The van der Waals surface area contributed by atoms with Crippen LogP contribution < -0.4 is 10.5 Å². The van der Waals surface area contributed by atoms with Crippen molar-refractivity contribution in [2.75, 3.05) is 10.5 Å². The van der Waals surface area contributed by atoms with Crippen molar-refractivity contribution < 1.29 is 8.42 Å². The molecule has 5 nitrogen and oxygen atoms in total. The average molecular weight is 437 g/mol. The van der Waals surface area contributed by atoms with Crippen molar-refractivity contribution in [1.82, 2.24) is 0 Å². The smallest absolute Gasteiger partial charge is 0.271 e. The Balaban J connectivity index is 2.41. The van der Waals surface area contributed by atoms with Crippen molar-refractivity contribution in [3.05, 3.63) is 38.1 Å². The van der Waals surface area contributed by atoms with Crippen LogP contribution in [0.1, 0.15) is 4.88 Å². The van der Waals surface area contributed by atoms with Gasteiger partial charge in [0.05, 0.1) is 5.69 Å². The minimum atomic E-state index is -3.74. The number of thiophene rings is 1. The fourth-order valence-electron chi connectivity index (χ4n) is 1.40. The number of anilines is 2. The number of rotatable bonds is 3. The summed E-state index contributed by atoms with van der Waals surface area (Å²) in [5, 5.41) is 8.74. The maximum Gasteiger partial charge on any atom is 0.271 e. The molecule has 9 heteroatoms. The summed E-state index contributed by atoms with van der Waals surface area (Å²) < 4.78 is 28.0. The molecule has 0 aliphatic heterocycles. The largest absolute Gasteiger partial charge is 0.399 e. The second kappa shape index (κ2) is 5.73. The molecule has 0 atom stereocenters. The molecule has 104 valence electrons. The van der Waals surface area contributed by atoms with Gasteiger partial charge in [-0.05, 0) is 56.1 Å². The Labute approximate surface area is 136 Å². The number of nitriles is 1. The van der Waals surface area contributed by atoms with Crippen molar-refractivity contribution in [1.29, 1.82) is 5.26 Å². The number of benzene rings is 1. The molecule has 2 aromatic rings. The van der Waals surface area contributed by atoms with E-state index in [0.29, 0.717) is 25.2 Å². The first-order chi connectivity index (χ1) is 9.33. The highest BCUT2D eigenvalue weighted by Crippen LogP contribution is 2.35. The zero-order valence-corrected chi connectivity index (χ0v) is 14.5. The fourth-order valence-corrected chi connectivity index (χ4v) is 5.29. The van der Waals surface area contributed by atoms with Crippen LogP contribution >= 0.6 is 43.2 Å². The van der Waals surface area contributed by atoms with Crippen LogP contribution in [-0.4, -0.2) is 8.42 Å². The van der Waals surface area contributed by atoms with E-state index in [9.17, 15) is 8.42 Å². The molecule has 0 spiro atoms. The van der Waals surface area contributed by atoms with E-state index in [2.05, 4.69) is 36.6 Å². The van der Waals surface area contributed by atoms with Gasteiger partial charge in [0, 0.05) is 14.6 Å². The Morgan fingerprint density at radius 3 is 2.35 bits per heavy atom. The molecule has 0 radical (unpaired) electrons. The van der Waals surface area contributed by atoms with Gasteiger partial charge in [0.2, 0.25) is 0 Å². The van der Waals surface area contributed by atoms with E-state index in [1.165, 1.54) is 12.1 Å². The van der Waals surface area contributed by atoms with E-state index in [1.807, 2.05) is 6.07 Å². The molecule has 20 heavy (non-hydrogen) atoms. The lowest BCUT2D eigenvalue weighted by molar-refractivity contribution is 0.603. The van der Waals surface area contributed by atoms with E-state index < -0.39 is 10.0 Å². The zero-order chi connectivity index (χ0) is 14.9. The van der Waals surface area contributed by atoms with Gasteiger partial charge < -0.3 is 5.73 Å². The minimum absolute atomic E-state index is 0.0738. The molecule has 0 bridgehead atoms. The van der Waals surface area contributed by atoms with Gasteiger partial charge in [0.1, 0.15) is 15.2 Å². The molecule has 0 unspecified atom stereocenters. The number of hydrogen-bond donors (Lipinski definition) is 2. The molecular weight excluding hydrogens is 430 g/mol. The monoisotopic (exact) mass is 435 g/mol. The van der Waals surface area contributed by atoms with E-state index >= 15 is 0 Å². The highest BCUT2D eigenvalue weighted by molar-refractivity contribution is 9.11. The lowest BCUT2D eigenvalue weighted by Crippen LogP contribution is -2.12. The van der Waals surface area contributed by atoms with Gasteiger partial charge in [-0.2, -0.15) is 5.26 Å². The zero-order valence-electron chi connectivity index (χ0n) is 9.72. The van der Waals surface area contributed by atoms with E-state index in [0.717, 1.165) is 11.3 Å². The number of sulfonamides is 1.